The molecule has 1 unspecified atom stereocenters. The van der Waals surface area contributed by atoms with Gasteiger partial charge in [0.2, 0.25) is 0 Å². The van der Waals surface area contributed by atoms with Crippen molar-refractivity contribution in [2.75, 3.05) is 18.0 Å². The van der Waals surface area contributed by atoms with Gasteiger partial charge < -0.3 is 16.4 Å². The molecular formula is C11H15N3O. The number of para-hydroxylation sites is 1. The van der Waals surface area contributed by atoms with Gasteiger partial charge in [0.05, 0.1) is 5.56 Å². The molecule has 2 rings (SSSR count). The van der Waals surface area contributed by atoms with Crippen molar-refractivity contribution in [2.45, 2.75) is 12.5 Å². The van der Waals surface area contributed by atoms with Crippen LogP contribution >= 0.6 is 0 Å². The number of rotatable bonds is 2. The summed E-state index contributed by atoms with van der Waals surface area (Å²) in [6, 6.07) is 7.59. The molecule has 0 bridgehead atoms. The molecule has 80 valence electrons. The second-order valence-electron chi connectivity index (χ2n) is 3.88. The maximum atomic E-state index is 11.2. The van der Waals surface area contributed by atoms with Crippen LogP contribution in [0.25, 0.3) is 0 Å². The summed E-state index contributed by atoms with van der Waals surface area (Å²) in [5, 5.41) is 0. The maximum absolute atomic E-state index is 11.2. The highest BCUT2D eigenvalue weighted by Crippen LogP contribution is 2.23. The highest BCUT2D eigenvalue weighted by Gasteiger charge is 2.22. The number of nitrogens with zero attached hydrogens (tertiary/aromatic N) is 1. The summed E-state index contributed by atoms with van der Waals surface area (Å²) in [7, 11) is 0. The molecule has 1 fully saturated rings. The smallest absolute Gasteiger partial charge is 0.250 e. The van der Waals surface area contributed by atoms with Crippen molar-refractivity contribution >= 4 is 11.6 Å². The molecule has 1 amide bonds. The SMILES string of the molecule is NC(=O)c1ccccc1N1CCC(N)C1. The standard InChI is InChI=1S/C11H15N3O/c12-8-5-6-14(7-8)10-4-2-1-3-9(10)11(13)15/h1-4,8H,5-7,12H2,(H2,13,15). The Balaban J connectivity index is 2.31. The second kappa shape index (κ2) is 3.90. The average molecular weight is 205 g/mol. The quantitative estimate of drug-likeness (QED) is 0.730. The lowest BCUT2D eigenvalue weighted by molar-refractivity contribution is 0.100. The highest BCUT2D eigenvalue weighted by molar-refractivity contribution is 5.98. The zero-order valence-electron chi connectivity index (χ0n) is 8.52. The third kappa shape index (κ3) is 1.94. The van der Waals surface area contributed by atoms with Crippen molar-refractivity contribution in [1.82, 2.24) is 0 Å². The zero-order valence-corrected chi connectivity index (χ0v) is 8.52. The molecule has 0 aliphatic carbocycles. The Hall–Kier alpha value is -1.55. The van der Waals surface area contributed by atoms with Crippen LogP contribution in [0.15, 0.2) is 24.3 Å². The number of nitrogens with two attached hydrogens (primary N) is 2. The van der Waals surface area contributed by atoms with E-state index >= 15 is 0 Å². The fourth-order valence-electron chi connectivity index (χ4n) is 1.96. The van der Waals surface area contributed by atoms with E-state index < -0.39 is 0 Å². The number of hydrogen-bond donors (Lipinski definition) is 2. The van der Waals surface area contributed by atoms with Crippen LogP contribution in [-0.4, -0.2) is 25.0 Å². The number of benzene rings is 1. The fourth-order valence-corrected chi connectivity index (χ4v) is 1.96. The minimum atomic E-state index is -0.383. The Kier molecular flexibility index (Phi) is 2.60. The number of carbonyl (C=O) groups is 1. The zero-order chi connectivity index (χ0) is 10.8. The van der Waals surface area contributed by atoms with Gasteiger partial charge in [-0.3, -0.25) is 4.79 Å². The first-order valence-corrected chi connectivity index (χ1v) is 5.08. The van der Waals surface area contributed by atoms with Crippen molar-refractivity contribution < 1.29 is 4.79 Å². The highest BCUT2D eigenvalue weighted by atomic mass is 16.1. The van der Waals surface area contributed by atoms with Crippen LogP contribution < -0.4 is 16.4 Å². The fraction of sp³-hybridized carbons (Fsp3) is 0.364. The Labute approximate surface area is 88.9 Å². The summed E-state index contributed by atoms with van der Waals surface area (Å²) < 4.78 is 0. The van der Waals surface area contributed by atoms with Gasteiger partial charge in [0.25, 0.3) is 5.91 Å². The molecule has 0 saturated carbocycles. The van der Waals surface area contributed by atoms with Gasteiger partial charge in [-0.25, -0.2) is 0 Å². The van der Waals surface area contributed by atoms with E-state index in [0.717, 1.165) is 25.2 Å². The van der Waals surface area contributed by atoms with Gasteiger partial charge in [-0.05, 0) is 18.6 Å². The number of amides is 1. The molecule has 1 saturated heterocycles. The van der Waals surface area contributed by atoms with E-state index in [0.29, 0.717) is 5.56 Å². The van der Waals surface area contributed by atoms with Gasteiger partial charge in [-0.1, -0.05) is 12.1 Å². The third-order valence-electron chi connectivity index (χ3n) is 2.73. The van der Waals surface area contributed by atoms with E-state index in [1.54, 1.807) is 6.07 Å². The van der Waals surface area contributed by atoms with Crippen LogP contribution in [-0.2, 0) is 0 Å². The van der Waals surface area contributed by atoms with E-state index in [2.05, 4.69) is 4.90 Å². The van der Waals surface area contributed by atoms with E-state index in [1.165, 1.54) is 0 Å². The van der Waals surface area contributed by atoms with Crippen molar-refractivity contribution in [2.24, 2.45) is 11.5 Å². The number of anilines is 1. The van der Waals surface area contributed by atoms with Crippen LogP contribution in [0, 0.1) is 0 Å². The topological polar surface area (TPSA) is 72.4 Å². The van der Waals surface area contributed by atoms with Crippen LogP contribution in [0.3, 0.4) is 0 Å². The summed E-state index contributed by atoms with van der Waals surface area (Å²) in [6.45, 7) is 1.69. The largest absolute Gasteiger partial charge is 0.369 e. The Morgan fingerprint density at radius 2 is 2.13 bits per heavy atom. The van der Waals surface area contributed by atoms with Crippen LogP contribution in [0.1, 0.15) is 16.8 Å². The van der Waals surface area contributed by atoms with Gasteiger partial charge in [0.15, 0.2) is 0 Å². The monoisotopic (exact) mass is 205 g/mol. The molecule has 4 heteroatoms. The predicted octanol–water partition coefficient (Wildman–Crippen LogP) is 0.323. The molecule has 1 atom stereocenters. The van der Waals surface area contributed by atoms with Crippen LogP contribution in [0.4, 0.5) is 5.69 Å². The normalized spacial score (nSPS) is 20.6. The molecule has 0 spiro atoms. The summed E-state index contributed by atoms with van der Waals surface area (Å²) in [4.78, 5) is 13.3. The molecule has 1 heterocycles. The average Bonchev–Trinajstić information content (AvgIpc) is 2.65. The Bertz CT molecular complexity index is 378. The first-order chi connectivity index (χ1) is 7.18. The molecular weight excluding hydrogens is 190 g/mol. The molecule has 1 aromatic carbocycles. The number of hydrogen-bond acceptors (Lipinski definition) is 3. The van der Waals surface area contributed by atoms with Gasteiger partial charge in [-0.15, -0.1) is 0 Å². The summed E-state index contributed by atoms with van der Waals surface area (Å²) >= 11 is 0. The van der Waals surface area contributed by atoms with Crippen molar-refractivity contribution in [3.05, 3.63) is 29.8 Å². The first-order valence-electron chi connectivity index (χ1n) is 5.08. The molecule has 0 aromatic heterocycles. The number of primary amides is 1. The van der Waals surface area contributed by atoms with Crippen molar-refractivity contribution in [3.63, 3.8) is 0 Å². The third-order valence-corrected chi connectivity index (χ3v) is 2.73. The van der Waals surface area contributed by atoms with E-state index in [9.17, 15) is 4.79 Å². The predicted molar refractivity (Wildman–Crippen MR) is 59.8 cm³/mol. The minimum absolute atomic E-state index is 0.200. The molecule has 0 radical (unpaired) electrons. The lowest BCUT2D eigenvalue weighted by Gasteiger charge is -2.20. The van der Waals surface area contributed by atoms with Crippen molar-refractivity contribution in [3.8, 4) is 0 Å². The number of carbonyl (C=O) groups excluding carboxylic acids is 1. The summed E-state index contributed by atoms with van der Waals surface area (Å²) in [5.74, 6) is -0.383. The lowest BCUT2D eigenvalue weighted by atomic mass is 10.1. The van der Waals surface area contributed by atoms with Crippen LogP contribution in [0.2, 0.25) is 0 Å². The first kappa shape index (κ1) is 9.98. The van der Waals surface area contributed by atoms with Gasteiger partial charge in [0, 0.05) is 24.8 Å². The van der Waals surface area contributed by atoms with E-state index in [-0.39, 0.29) is 11.9 Å². The Morgan fingerprint density at radius 1 is 1.40 bits per heavy atom. The van der Waals surface area contributed by atoms with Crippen LogP contribution in [0.5, 0.6) is 0 Å². The molecule has 1 aromatic rings. The molecule has 4 nitrogen and oxygen atoms in total. The van der Waals surface area contributed by atoms with Gasteiger partial charge in [-0.2, -0.15) is 0 Å². The van der Waals surface area contributed by atoms with Gasteiger partial charge in [0.1, 0.15) is 0 Å². The molecule has 15 heavy (non-hydrogen) atoms. The second-order valence-corrected chi connectivity index (χ2v) is 3.88. The summed E-state index contributed by atoms with van der Waals surface area (Å²) in [6.07, 6.45) is 0.965. The van der Waals surface area contributed by atoms with Crippen molar-refractivity contribution in [1.29, 1.82) is 0 Å². The minimum Gasteiger partial charge on any atom is -0.369 e. The molecule has 1 aliphatic rings. The van der Waals surface area contributed by atoms with E-state index in [1.807, 2.05) is 18.2 Å². The molecule has 1 aliphatic heterocycles. The molecule has 4 N–H and O–H groups in total. The van der Waals surface area contributed by atoms with E-state index in [4.69, 9.17) is 11.5 Å². The Morgan fingerprint density at radius 3 is 2.73 bits per heavy atom. The maximum Gasteiger partial charge on any atom is 0.250 e. The summed E-state index contributed by atoms with van der Waals surface area (Å²) in [5.41, 5.74) is 12.6. The lowest BCUT2D eigenvalue weighted by Crippen LogP contribution is -2.28. The van der Waals surface area contributed by atoms with Gasteiger partial charge >= 0.3 is 0 Å².